The van der Waals surface area contributed by atoms with Gasteiger partial charge in [-0.15, -0.1) is 0 Å². The largest absolute Gasteiger partial charge is 0.304 e. The first-order chi connectivity index (χ1) is 6.32. The first-order valence-corrected chi connectivity index (χ1v) is 5.77. The summed E-state index contributed by atoms with van der Waals surface area (Å²) < 4.78 is 0. The number of likely N-dealkylation sites (N-methyl/N-ethyl adjacent to an activating group) is 1. The summed E-state index contributed by atoms with van der Waals surface area (Å²) >= 11 is 0. The maximum Gasteiger partial charge on any atom is 0.0251 e. The molecule has 1 aliphatic heterocycles. The minimum Gasteiger partial charge on any atom is -0.304 e. The maximum absolute atomic E-state index is 2.66. The summed E-state index contributed by atoms with van der Waals surface area (Å²) in [7, 11) is 2.23. The molecular weight excluding hydrogens is 172 g/mol. The van der Waals surface area contributed by atoms with Gasteiger partial charge >= 0.3 is 0 Å². The van der Waals surface area contributed by atoms with Crippen molar-refractivity contribution in [1.29, 1.82) is 0 Å². The Morgan fingerprint density at radius 2 is 1.71 bits per heavy atom. The van der Waals surface area contributed by atoms with Crippen LogP contribution >= 0.6 is 0 Å². The zero-order valence-corrected chi connectivity index (χ0v) is 10.7. The molecule has 1 rings (SSSR count). The van der Waals surface area contributed by atoms with Crippen molar-refractivity contribution in [2.24, 2.45) is 5.92 Å². The third-order valence-electron chi connectivity index (χ3n) is 3.25. The van der Waals surface area contributed by atoms with Gasteiger partial charge < -0.3 is 4.90 Å². The van der Waals surface area contributed by atoms with Crippen molar-refractivity contribution in [3.63, 3.8) is 0 Å². The number of piperazine rings is 1. The van der Waals surface area contributed by atoms with E-state index in [4.69, 9.17) is 0 Å². The van der Waals surface area contributed by atoms with E-state index in [9.17, 15) is 0 Å². The van der Waals surface area contributed by atoms with Crippen molar-refractivity contribution in [1.82, 2.24) is 9.80 Å². The molecule has 0 saturated carbocycles. The lowest BCUT2D eigenvalue weighted by Gasteiger charge is -2.49. The monoisotopic (exact) mass is 198 g/mol. The van der Waals surface area contributed by atoms with E-state index in [-0.39, 0.29) is 0 Å². The predicted molar refractivity (Wildman–Crippen MR) is 62.6 cm³/mol. The van der Waals surface area contributed by atoms with Gasteiger partial charge in [0, 0.05) is 31.2 Å². The van der Waals surface area contributed by atoms with Gasteiger partial charge in [0.1, 0.15) is 0 Å². The molecule has 2 nitrogen and oxygen atoms in total. The fourth-order valence-corrected chi connectivity index (χ4v) is 2.36. The molecule has 1 atom stereocenters. The molecule has 0 unspecified atom stereocenters. The summed E-state index contributed by atoms with van der Waals surface area (Å²) in [4.78, 5) is 5.12. The maximum atomic E-state index is 2.66. The van der Waals surface area contributed by atoms with Crippen molar-refractivity contribution in [3.05, 3.63) is 0 Å². The Morgan fingerprint density at radius 1 is 1.14 bits per heavy atom. The normalized spacial score (nSPS) is 27.2. The third-order valence-corrected chi connectivity index (χ3v) is 3.25. The molecule has 0 aliphatic carbocycles. The second-order valence-electron chi connectivity index (χ2n) is 5.94. The van der Waals surface area contributed by atoms with E-state index in [1.54, 1.807) is 0 Å². The fourth-order valence-electron chi connectivity index (χ4n) is 2.36. The van der Waals surface area contributed by atoms with E-state index < -0.39 is 0 Å². The summed E-state index contributed by atoms with van der Waals surface area (Å²) in [5.41, 5.74) is 0.316. The van der Waals surface area contributed by atoms with Crippen molar-refractivity contribution in [2.75, 3.05) is 26.7 Å². The molecule has 1 heterocycles. The van der Waals surface area contributed by atoms with Gasteiger partial charge in [0.2, 0.25) is 0 Å². The quantitative estimate of drug-likeness (QED) is 0.636. The van der Waals surface area contributed by atoms with Crippen LogP contribution < -0.4 is 0 Å². The lowest BCUT2D eigenvalue weighted by Crippen LogP contribution is -2.60. The van der Waals surface area contributed by atoms with Gasteiger partial charge in [-0.05, 0) is 33.7 Å². The van der Waals surface area contributed by atoms with Crippen LogP contribution in [-0.2, 0) is 0 Å². The van der Waals surface area contributed by atoms with Crippen LogP contribution in [-0.4, -0.2) is 48.1 Å². The van der Waals surface area contributed by atoms with E-state index in [1.807, 2.05) is 0 Å². The summed E-state index contributed by atoms with van der Waals surface area (Å²) in [5, 5.41) is 0. The van der Waals surface area contributed by atoms with Gasteiger partial charge in [-0.3, -0.25) is 4.90 Å². The summed E-state index contributed by atoms with van der Waals surface area (Å²) in [6, 6.07) is 0.716. The van der Waals surface area contributed by atoms with Crippen LogP contribution in [0.4, 0.5) is 0 Å². The summed E-state index contributed by atoms with van der Waals surface area (Å²) in [5.74, 6) is 0.747. The molecule has 1 saturated heterocycles. The molecule has 0 spiro atoms. The van der Waals surface area contributed by atoms with Crippen LogP contribution in [0.25, 0.3) is 0 Å². The topological polar surface area (TPSA) is 6.48 Å². The second-order valence-corrected chi connectivity index (χ2v) is 5.94. The van der Waals surface area contributed by atoms with Gasteiger partial charge in [-0.1, -0.05) is 13.8 Å². The number of rotatable bonds is 1. The highest BCUT2D eigenvalue weighted by Crippen LogP contribution is 2.24. The van der Waals surface area contributed by atoms with E-state index in [2.05, 4.69) is 51.5 Å². The fraction of sp³-hybridized carbons (Fsp3) is 1.00. The number of hydrogen-bond acceptors (Lipinski definition) is 2. The zero-order valence-electron chi connectivity index (χ0n) is 10.7. The van der Waals surface area contributed by atoms with E-state index in [0.29, 0.717) is 11.6 Å². The molecule has 0 radical (unpaired) electrons. The Morgan fingerprint density at radius 3 is 2.14 bits per heavy atom. The molecule has 1 aliphatic rings. The Labute approximate surface area is 89.3 Å². The Balaban J connectivity index is 2.73. The SMILES string of the molecule is CC(C)[C@H]1CN(C)CCN1C(C)(C)C. The molecule has 0 aromatic heterocycles. The van der Waals surface area contributed by atoms with Gasteiger partial charge in [0.15, 0.2) is 0 Å². The number of nitrogens with zero attached hydrogens (tertiary/aromatic N) is 2. The first-order valence-electron chi connectivity index (χ1n) is 5.77. The molecule has 14 heavy (non-hydrogen) atoms. The van der Waals surface area contributed by atoms with E-state index in [0.717, 1.165) is 5.92 Å². The van der Waals surface area contributed by atoms with Crippen LogP contribution in [0.3, 0.4) is 0 Å². The van der Waals surface area contributed by atoms with Crippen molar-refractivity contribution in [3.8, 4) is 0 Å². The van der Waals surface area contributed by atoms with Gasteiger partial charge in [0.25, 0.3) is 0 Å². The predicted octanol–water partition coefficient (Wildman–Crippen LogP) is 2.06. The molecule has 1 fully saturated rings. The Bertz CT molecular complexity index is 181. The second kappa shape index (κ2) is 4.19. The Hall–Kier alpha value is -0.0800. The molecular formula is C12H26N2. The van der Waals surface area contributed by atoms with Crippen LogP contribution in [0.5, 0.6) is 0 Å². The molecule has 0 N–H and O–H groups in total. The highest BCUT2D eigenvalue weighted by atomic mass is 15.3. The molecule has 0 aromatic carbocycles. The van der Waals surface area contributed by atoms with Gasteiger partial charge in [0.05, 0.1) is 0 Å². The van der Waals surface area contributed by atoms with Crippen molar-refractivity contribution < 1.29 is 0 Å². The van der Waals surface area contributed by atoms with Gasteiger partial charge in [-0.25, -0.2) is 0 Å². The highest BCUT2D eigenvalue weighted by Gasteiger charge is 2.34. The smallest absolute Gasteiger partial charge is 0.0251 e. The molecule has 0 amide bonds. The lowest BCUT2D eigenvalue weighted by atomic mass is 9.93. The van der Waals surface area contributed by atoms with Crippen LogP contribution in [0.1, 0.15) is 34.6 Å². The molecule has 84 valence electrons. The lowest BCUT2D eigenvalue weighted by molar-refractivity contribution is -0.00148. The third kappa shape index (κ3) is 2.71. The van der Waals surface area contributed by atoms with Crippen molar-refractivity contribution in [2.45, 2.75) is 46.2 Å². The van der Waals surface area contributed by atoms with Crippen LogP contribution in [0.2, 0.25) is 0 Å². The summed E-state index contributed by atoms with van der Waals surface area (Å²) in [6.07, 6.45) is 0. The zero-order chi connectivity index (χ0) is 10.9. The highest BCUT2D eigenvalue weighted by molar-refractivity contribution is 4.90. The minimum atomic E-state index is 0.316. The standard InChI is InChI=1S/C12H26N2/c1-10(2)11-9-13(6)7-8-14(11)12(3,4)5/h10-11H,7-9H2,1-6H3/t11-/m1/s1. The van der Waals surface area contributed by atoms with Crippen LogP contribution in [0.15, 0.2) is 0 Å². The average Bonchev–Trinajstić information content (AvgIpc) is 2.01. The average molecular weight is 198 g/mol. The molecule has 0 aromatic rings. The van der Waals surface area contributed by atoms with Crippen LogP contribution in [0, 0.1) is 5.92 Å². The molecule has 0 bridgehead atoms. The number of hydrogen-bond donors (Lipinski definition) is 0. The van der Waals surface area contributed by atoms with Crippen molar-refractivity contribution >= 4 is 0 Å². The first kappa shape index (κ1) is 12.0. The van der Waals surface area contributed by atoms with E-state index in [1.165, 1.54) is 19.6 Å². The van der Waals surface area contributed by atoms with E-state index >= 15 is 0 Å². The summed E-state index contributed by atoms with van der Waals surface area (Å²) in [6.45, 7) is 15.3. The minimum absolute atomic E-state index is 0.316. The van der Waals surface area contributed by atoms with Gasteiger partial charge in [-0.2, -0.15) is 0 Å². The molecule has 2 heteroatoms. The Kier molecular flexibility index (Phi) is 3.59.